The predicted octanol–water partition coefficient (Wildman–Crippen LogP) is 3.31. The minimum Gasteiger partial charge on any atom is -0.444 e. The van der Waals surface area contributed by atoms with Crippen LogP contribution in [0.25, 0.3) is 22.7 Å². The lowest BCUT2D eigenvalue weighted by Gasteiger charge is -2.34. The number of pyridine rings is 2. The Balaban J connectivity index is 0.957. The average molecular weight is 711 g/mol. The zero-order valence-corrected chi connectivity index (χ0v) is 28.2. The topological polar surface area (TPSA) is 186 Å². The zero-order chi connectivity index (χ0) is 35.9. The van der Waals surface area contributed by atoms with E-state index in [0.29, 0.717) is 97.8 Å². The molecule has 0 unspecified atom stereocenters. The number of imide groups is 1. The number of aryl methyl sites for hydroxylation is 1. The molecule has 0 saturated carbocycles. The molecule has 4 amide bonds. The summed E-state index contributed by atoms with van der Waals surface area (Å²) in [7, 11) is 0. The van der Waals surface area contributed by atoms with Crippen molar-refractivity contribution in [3.8, 4) is 11.5 Å². The van der Waals surface area contributed by atoms with Crippen LogP contribution in [0.4, 0.5) is 32.4 Å². The number of oxazole rings is 2. The van der Waals surface area contributed by atoms with Crippen LogP contribution in [-0.4, -0.2) is 99.7 Å². The van der Waals surface area contributed by atoms with Crippen molar-refractivity contribution in [2.24, 2.45) is 0 Å². The van der Waals surface area contributed by atoms with Crippen LogP contribution in [0.2, 0.25) is 0 Å². The number of aromatic nitrogens is 4. The van der Waals surface area contributed by atoms with Gasteiger partial charge in [0.1, 0.15) is 12.1 Å². The number of aliphatic hydroxyl groups excluding tert-OH is 1. The van der Waals surface area contributed by atoms with E-state index in [1.807, 2.05) is 22.8 Å². The van der Waals surface area contributed by atoms with Gasteiger partial charge in [0.05, 0.1) is 11.8 Å². The third kappa shape index (κ3) is 6.74. The van der Waals surface area contributed by atoms with E-state index in [9.17, 15) is 19.5 Å². The van der Waals surface area contributed by atoms with E-state index >= 15 is 4.39 Å². The van der Waals surface area contributed by atoms with Crippen molar-refractivity contribution in [3.05, 3.63) is 71.6 Å². The van der Waals surface area contributed by atoms with Gasteiger partial charge in [-0.05, 0) is 37.6 Å². The molecule has 3 N–H and O–H groups in total. The van der Waals surface area contributed by atoms with E-state index in [-0.39, 0.29) is 30.5 Å². The smallest absolute Gasteiger partial charge is 0.328 e. The first-order valence-electron chi connectivity index (χ1n) is 17.0. The molecule has 8 rings (SSSR count). The number of hydrogen-bond donors (Lipinski definition) is 3. The van der Waals surface area contributed by atoms with Crippen LogP contribution in [0.5, 0.6) is 0 Å². The second kappa shape index (κ2) is 13.6. The maximum Gasteiger partial charge on any atom is 0.328 e. The number of benzene rings is 1. The highest BCUT2D eigenvalue weighted by molar-refractivity contribution is 6.06. The number of urea groups is 1. The Bertz CT molecular complexity index is 2180. The third-order valence-electron chi connectivity index (χ3n) is 9.38. The van der Waals surface area contributed by atoms with Crippen molar-refractivity contribution in [1.82, 2.24) is 30.2 Å². The van der Waals surface area contributed by atoms with E-state index in [1.54, 1.807) is 30.5 Å². The molecule has 7 heterocycles. The number of halogens is 1. The largest absolute Gasteiger partial charge is 0.444 e. The Labute approximate surface area is 296 Å². The Kier molecular flexibility index (Phi) is 8.72. The second-order valence-corrected chi connectivity index (χ2v) is 13.0. The van der Waals surface area contributed by atoms with Crippen LogP contribution in [0, 0.1) is 12.7 Å². The van der Waals surface area contributed by atoms with E-state index in [1.165, 1.54) is 17.2 Å². The van der Waals surface area contributed by atoms with Gasteiger partial charge in [-0.15, -0.1) is 0 Å². The van der Waals surface area contributed by atoms with Crippen molar-refractivity contribution in [2.45, 2.75) is 32.4 Å². The van der Waals surface area contributed by atoms with Crippen LogP contribution in [0.3, 0.4) is 0 Å². The summed E-state index contributed by atoms with van der Waals surface area (Å²) in [5.41, 5.74) is 3.58. The first-order valence-corrected chi connectivity index (χ1v) is 17.0. The van der Waals surface area contributed by atoms with Gasteiger partial charge in [0, 0.05) is 93.6 Å². The lowest BCUT2D eigenvalue weighted by Crippen LogP contribution is -2.49. The number of anilines is 4. The van der Waals surface area contributed by atoms with Gasteiger partial charge in [0.15, 0.2) is 17.1 Å². The summed E-state index contributed by atoms with van der Waals surface area (Å²) in [4.78, 5) is 62.4. The molecule has 1 atom stereocenters. The standard InChI is InChI=1S/C35H35FN10O6/c1-20-14-21(4-7-37-20)33-39-27(19-51-33)32(49)38-26-16-28-30(41-31(26)45-8-5-24(47)18-45)42-35(52-28)44-12-10-43(11-13-44)17-22-2-3-23(15-25(22)36)46-9-6-29(48)40-34(46)50/h2-4,7,14-16,19,24,47H,5-6,8-13,17-18H2,1H3,(H,38,49)(H,40,48,50)/t24-/m1/s1. The van der Waals surface area contributed by atoms with Crippen LogP contribution < -0.4 is 25.3 Å². The number of nitrogens with zero attached hydrogens (tertiary/aromatic N) is 8. The van der Waals surface area contributed by atoms with Gasteiger partial charge in [0.2, 0.25) is 17.4 Å². The summed E-state index contributed by atoms with van der Waals surface area (Å²) >= 11 is 0. The molecule has 3 saturated heterocycles. The van der Waals surface area contributed by atoms with E-state index in [2.05, 4.69) is 30.5 Å². The summed E-state index contributed by atoms with van der Waals surface area (Å²) in [6.07, 6.45) is 3.13. The Morgan fingerprint density at radius 3 is 2.63 bits per heavy atom. The Morgan fingerprint density at radius 1 is 1.04 bits per heavy atom. The van der Waals surface area contributed by atoms with Crippen LogP contribution >= 0.6 is 0 Å². The average Bonchev–Trinajstić information content (AvgIpc) is 3.89. The first kappa shape index (κ1) is 33.2. The molecule has 0 bridgehead atoms. The number of amides is 4. The first-order chi connectivity index (χ1) is 25.2. The summed E-state index contributed by atoms with van der Waals surface area (Å²) in [5, 5.41) is 15.4. The highest BCUT2D eigenvalue weighted by Gasteiger charge is 2.29. The van der Waals surface area contributed by atoms with Crippen molar-refractivity contribution < 1.29 is 32.7 Å². The summed E-state index contributed by atoms with van der Waals surface area (Å²) in [6, 6.07) is 9.75. The number of β-amino-alcohol motifs (C(OH)–C–C–N with tert-alkyl or cyclic N) is 1. The monoisotopic (exact) mass is 710 g/mol. The molecule has 0 spiro atoms. The molecule has 3 aliphatic rings. The fourth-order valence-electron chi connectivity index (χ4n) is 6.60. The van der Waals surface area contributed by atoms with Gasteiger partial charge in [-0.25, -0.2) is 19.2 Å². The number of fused-ring (bicyclic) bond motifs is 1. The van der Waals surface area contributed by atoms with Gasteiger partial charge in [-0.3, -0.25) is 29.7 Å². The van der Waals surface area contributed by atoms with Crippen molar-refractivity contribution in [1.29, 1.82) is 0 Å². The summed E-state index contributed by atoms with van der Waals surface area (Å²) < 4.78 is 26.9. The molecule has 0 aliphatic carbocycles. The normalized spacial score (nSPS) is 18.4. The minimum absolute atomic E-state index is 0.0796. The number of carbonyl (C=O) groups excluding carboxylic acids is 3. The molecule has 1 aromatic carbocycles. The third-order valence-corrected chi connectivity index (χ3v) is 9.38. The van der Waals surface area contributed by atoms with Gasteiger partial charge in [-0.2, -0.15) is 4.98 Å². The SMILES string of the molecule is Cc1cc(-c2nc(C(=O)Nc3cc4oc(N5CCN(Cc6ccc(N7CCC(=O)NC7=O)cc6F)CC5)nc4nc3N3CC[C@@H](O)C3)co2)ccn1. The van der Waals surface area contributed by atoms with Gasteiger partial charge >= 0.3 is 6.03 Å². The fraction of sp³-hybridized carbons (Fsp3) is 0.343. The molecule has 3 aliphatic heterocycles. The molecule has 0 radical (unpaired) electrons. The molecule has 3 fully saturated rings. The highest BCUT2D eigenvalue weighted by Crippen LogP contribution is 2.33. The highest BCUT2D eigenvalue weighted by atomic mass is 19.1. The number of carbonyl (C=O) groups is 3. The fourth-order valence-corrected chi connectivity index (χ4v) is 6.60. The second-order valence-electron chi connectivity index (χ2n) is 13.0. The molecular weight excluding hydrogens is 675 g/mol. The molecule has 17 heteroatoms. The van der Waals surface area contributed by atoms with E-state index < -0.39 is 23.9 Å². The molecule has 52 heavy (non-hydrogen) atoms. The lowest BCUT2D eigenvalue weighted by atomic mass is 10.1. The van der Waals surface area contributed by atoms with Crippen LogP contribution in [-0.2, 0) is 11.3 Å². The van der Waals surface area contributed by atoms with Crippen molar-refractivity contribution >= 4 is 52.3 Å². The summed E-state index contributed by atoms with van der Waals surface area (Å²) in [6.45, 7) is 5.68. The number of rotatable bonds is 8. The summed E-state index contributed by atoms with van der Waals surface area (Å²) in [5.74, 6) is -0.524. The number of nitrogens with one attached hydrogen (secondary N) is 2. The van der Waals surface area contributed by atoms with Crippen molar-refractivity contribution in [3.63, 3.8) is 0 Å². The van der Waals surface area contributed by atoms with Gasteiger partial charge in [-0.1, -0.05) is 6.07 Å². The van der Waals surface area contributed by atoms with E-state index in [4.69, 9.17) is 13.8 Å². The number of hydrogen-bond acceptors (Lipinski definition) is 13. The maximum absolute atomic E-state index is 15.1. The molecule has 5 aromatic rings. The quantitative estimate of drug-likeness (QED) is 0.213. The van der Waals surface area contributed by atoms with E-state index in [0.717, 1.165) is 5.69 Å². The van der Waals surface area contributed by atoms with Gasteiger partial charge in [0.25, 0.3) is 11.9 Å². The lowest BCUT2D eigenvalue weighted by molar-refractivity contribution is -0.120. The maximum atomic E-state index is 15.1. The van der Waals surface area contributed by atoms with Crippen LogP contribution in [0.15, 0.2) is 57.7 Å². The minimum atomic E-state index is -0.557. The Morgan fingerprint density at radius 2 is 1.88 bits per heavy atom. The number of piperazine rings is 1. The van der Waals surface area contributed by atoms with Crippen LogP contribution in [0.1, 0.15) is 34.6 Å². The molecular formula is C35H35FN10O6. The Hall–Kier alpha value is -5.94. The predicted molar refractivity (Wildman–Crippen MR) is 186 cm³/mol. The number of aliphatic hydroxyl groups is 1. The molecule has 268 valence electrons. The molecule has 4 aromatic heterocycles. The van der Waals surface area contributed by atoms with Gasteiger partial charge < -0.3 is 29.1 Å². The van der Waals surface area contributed by atoms with Crippen molar-refractivity contribution in [2.75, 3.05) is 65.8 Å². The zero-order valence-electron chi connectivity index (χ0n) is 28.2. The molecule has 16 nitrogen and oxygen atoms in total.